The Balaban J connectivity index is 1.70. The highest BCUT2D eigenvalue weighted by Gasteiger charge is 2.39. The van der Waals surface area contributed by atoms with E-state index in [1.807, 2.05) is 6.92 Å². The standard InChI is InChI=1S/C27H32N2O7/c1-15-11-18(15)24(31)29-20-13-23(35-6)22(34-5)12-19(20)25(32)36-14-21(30)16-7-9-17(10-8-16)28-26(33)27(2,3)4/h7-10,12-13,15,18H,11,14H2,1-6H3,(H,28,33)(H,29,31). The molecule has 1 aliphatic carbocycles. The molecule has 0 saturated heterocycles. The van der Waals surface area contributed by atoms with E-state index in [1.165, 1.54) is 26.4 Å². The number of anilines is 2. The Morgan fingerprint density at radius 1 is 0.944 bits per heavy atom. The number of ether oxygens (including phenoxy) is 3. The van der Waals surface area contributed by atoms with Gasteiger partial charge in [0.15, 0.2) is 23.9 Å². The Kier molecular flexibility index (Phi) is 8.02. The number of esters is 1. The highest BCUT2D eigenvalue weighted by atomic mass is 16.5. The number of carbonyl (C=O) groups excluding carboxylic acids is 4. The maximum Gasteiger partial charge on any atom is 0.340 e. The van der Waals surface area contributed by atoms with Gasteiger partial charge in [-0.05, 0) is 36.6 Å². The number of hydrogen-bond donors (Lipinski definition) is 2. The van der Waals surface area contributed by atoms with Gasteiger partial charge in [0.1, 0.15) is 0 Å². The van der Waals surface area contributed by atoms with Crippen LogP contribution in [-0.4, -0.2) is 44.4 Å². The van der Waals surface area contributed by atoms with E-state index in [2.05, 4.69) is 10.6 Å². The predicted molar refractivity (Wildman–Crippen MR) is 135 cm³/mol. The van der Waals surface area contributed by atoms with Crippen LogP contribution < -0.4 is 20.1 Å². The fourth-order valence-electron chi connectivity index (χ4n) is 3.41. The van der Waals surface area contributed by atoms with Crippen molar-refractivity contribution in [1.82, 2.24) is 0 Å². The van der Waals surface area contributed by atoms with Crippen molar-refractivity contribution < 1.29 is 33.4 Å². The first-order chi connectivity index (χ1) is 16.9. The number of methoxy groups -OCH3 is 2. The second-order valence-electron chi connectivity index (χ2n) is 9.84. The average molecular weight is 497 g/mol. The topological polar surface area (TPSA) is 120 Å². The van der Waals surface area contributed by atoms with Crippen LogP contribution in [0.3, 0.4) is 0 Å². The molecule has 3 rings (SSSR count). The van der Waals surface area contributed by atoms with Crippen molar-refractivity contribution in [3.8, 4) is 11.5 Å². The van der Waals surface area contributed by atoms with E-state index >= 15 is 0 Å². The van der Waals surface area contributed by atoms with Crippen LogP contribution in [0, 0.1) is 17.3 Å². The molecule has 1 aliphatic rings. The molecule has 0 heterocycles. The van der Waals surface area contributed by atoms with Gasteiger partial charge in [-0.3, -0.25) is 14.4 Å². The summed E-state index contributed by atoms with van der Waals surface area (Å²) in [6.45, 7) is 6.88. The summed E-state index contributed by atoms with van der Waals surface area (Å²) in [5.74, 6) is -0.772. The molecule has 1 fully saturated rings. The van der Waals surface area contributed by atoms with Crippen LogP contribution in [0.4, 0.5) is 11.4 Å². The van der Waals surface area contributed by atoms with Gasteiger partial charge < -0.3 is 24.8 Å². The van der Waals surface area contributed by atoms with Gasteiger partial charge in [0, 0.05) is 34.7 Å². The minimum atomic E-state index is -0.794. The van der Waals surface area contributed by atoms with E-state index in [0.717, 1.165) is 6.42 Å². The lowest BCUT2D eigenvalue weighted by Crippen LogP contribution is -2.27. The molecule has 9 nitrogen and oxygen atoms in total. The summed E-state index contributed by atoms with van der Waals surface area (Å²) >= 11 is 0. The molecule has 36 heavy (non-hydrogen) atoms. The van der Waals surface area contributed by atoms with Crippen LogP contribution in [0.5, 0.6) is 11.5 Å². The summed E-state index contributed by atoms with van der Waals surface area (Å²) in [6.07, 6.45) is 0.784. The van der Waals surface area contributed by atoms with Crippen molar-refractivity contribution in [3.63, 3.8) is 0 Å². The van der Waals surface area contributed by atoms with Gasteiger partial charge in [-0.2, -0.15) is 0 Å². The molecular weight excluding hydrogens is 464 g/mol. The highest BCUT2D eigenvalue weighted by molar-refractivity contribution is 6.05. The average Bonchev–Trinajstić information content (AvgIpc) is 3.58. The van der Waals surface area contributed by atoms with Gasteiger partial charge in [0.05, 0.1) is 25.5 Å². The molecule has 0 bridgehead atoms. The summed E-state index contributed by atoms with van der Waals surface area (Å²) in [7, 11) is 2.87. The monoisotopic (exact) mass is 496 g/mol. The van der Waals surface area contributed by atoms with Gasteiger partial charge in [-0.1, -0.05) is 27.7 Å². The van der Waals surface area contributed by atoms with Crippen molar-refractivity contribution in [2.45, 2.75) is 34.1 Å². The van der Waals surface area contributed by atoms with Crippen LogP contribution in [0.15, 0.2) is 36.4 Å². The Morgan fingerprint density at radius 3 is 2.06 bits per heavy atom. The summed E-state index contributed by atoms with van der Waals surface area (Å²) < 4.78 is 15.8. The highest BCUT2D eigenvalue weighted by Crippen LogP contribution is 2.40. The van der Waals surface area contributed by atoms with Gasteiger partial charge in [-0.25, -0.2) is 4.79 Å². The molecule has 2 atom stereocenters. The number of Topliss-reactive ketones (excluding diaryl/α,β-unsaturated/α-hetero) is 1. The number of carbonyl (C=O) groups is 4. The predicted octanol–water partition coefficient (Wildman–Crippen LogP) is 4.32. The Morgan fingerprint density at radius 2 is 1.53 bits per heavy atom. The largest absolute Gasteiger partial charge is 0.493 e. The third kappa shape index (κ3) is 6.41. The molecule has 2 unspecified atom stereocenters. The van der Waals surface area contributed by atoms with E-state index in [4.69, 9.17) is 14.2 Å². The van der Waals surface area contributed by atoms with Crippen molar-refractivity contribution >= 4 is 34.9 Å². The summed E-state index contributed by atoms with van der Waals surface area (Å²) in [5, 5.41) is 5.55. The zero-order chi connectivity index (χ0) is 26.6. The van der Waals surface area contributed by atoms with Crippen molar-refractivity contribution in [3.05, 3.63) is 47.5 Å². The van der Waals surface area contributed by atoms with Crippen LogP contribution in [-0.2, 0) is 14.3 Å². The lowest BCUT2D eigenvalue weighted by Gasteiger charge is -2.17. The molecule has 2 N–H and O–H groups in total. The van der Waals surface area contributed by atoms with Crippen LogP contribution in [0.2, 0.25) is 0 Å². The molecule has 9 heteroatoms. The molecule has 0 radical (unpaired) electrons. The quantitative estimate of drug-likeness (QED) is 0.392. The van der Waals surface area contributed by atoms with Gasteiger partial charge in [-0.15, -0.1) is 0 Å². The number of hydrogen-bond acceptors (Lipinski definition) is 7. The normalized spacial score (nSPS) is 16.5. The van der Waals surface area contributed by atoms with Gasteiger partial charge in [0.2, 0.25) is 11.8 Å². The molecule has 1 saturated carbocycles. The zero-order valence-corrected chi connectivity index (χ0v) is 21.4. The fraction of sp³-hybridized carbons (Fsp3) is 0.407. The Hall–Kier alpha value is -3.88. The minimum Gasteiger partial charge on any atom is -0.493 e. The Labute approximate surface area is 210 Å². The third-order valence-corrected chi connectivity index (χ3v) is 5.93. The van der Waals surface area contributed by atoms with Crippen LogP contribution in [0.1, 0.15) is 54.8 Å². The van der Waals surface area contributed by atoms with E-state index in [9.17, 15) is 19.2 Å². The fourth-order valence-corrected chi connectivity index (χ4v) is 3.41. The second-order valence-corrected chi connectivity index (χ2v) is 9.84. The van der Waals surface area contributed by atoms with Crippen LogP contribution in [0.25, 0.3) is 0 Å². The smallest absolute Gasteiger partial charge is 0.340 e. The zero-order valence-electron chi connectivity index (χ0n) is 21.4. The van der Waals surface area contributed by atoms with Gasteiger partial charge in [0.25, 0.3) is 0 Å². The number of rotatable bonds is 9. The molecular formula is C27H32N2O7. The molecule has 0 aliphatic heterocycles. The molecule has 192 valence electrons. The first-order valence-electron chi connectivity index (χ1n) is 11.6. The van der Waals surface area contributed by atoms with Crippen molar-refractivity contribution in [1.29, 1.82) is 0 Å². The van der Waals surface area contributed by atoms with Gasteiger partial charge >= 0.3 is 5.97 Å². The molecule has 2 aromatic carbocycles. The second kappa shape index (κ2) is 10.8. The Bertz CT molecular complexity index is 1170. The lowest BCUT2D eigenvalue weighted by molar-refractivity contribution is -0.123. The van der Waals surface area contributed by atoms with Crippen LogP contribution >= 0.6 is 0 Å². The van der Waals surface area contributed by atoms with E-state index < -0.39 is 23.8 Å². The van der Waals surface area contributed by atoms with E-state index in [-0.39, 0.29) is 40.7 Å². The number of nitrogens with one attached hydrogen (secondary N) is 2. The third-order valence-electron chi connectivity index (χ3n) is 5.93. The van der Waals surface area contributed by atoms with E-state index in [0.29, 0.717) is 17.0 Å². The molecule has 2 amide bonds. The number of ketones is 1. The molecule has 0 spiro atoms. The summed E-state index contributed by atoms with van der Waals surface area (Å²) in [5.41, 5.74) is 0.581. The maximum absolute atomic E-state index is 12.9. The molecule has 2 aromatic rings. The minimum absolute atomic E-state index is 0.0438. The van der Waals surface area contributed by atoms with E-state index in [1.54, 1.807) is 45.0 Å². The molecule has 0 aromatic heterocycles. The van der Waals surface area contributed by atoms with Crippen molar-refractivity contribution in [2.75, 3.05) is 31.5 Å². The SMILES string of the molecule is COc1cc(NC(=O)C2CC2C)c(C(=O)OCC(=O)c2ccc(NC(=O)C(C)(C)C)cc2)cc1OC. The maximum atomic E-state index is 12.9. The summed E-state index contributed by atoms with van der Waals surface area (Å²) in [6, 6.07) is 9.22. The first kappa shape index (κ1) is 26.7. The first-order valence-corrected chi connectivity index (χ1v) is 11.6. The lowest BCUT2D eigenvalue weighted by atomic mass is 9.95. The van der Waals surface area contributed by atoms with Crippen molar-refractivity contribution in [2.24, 2.45) is 17.3 Å². The number of amides is 2. The summed E-state index contributed by atoms with van der Waals surface area (Å²) in [4.78, 5) is 50.1. The number of benzene rings is 2.